The molecule has 172 valence electrons. The lowest BCUT2D eigenvalue weighted by molar-refractivity contribution is -0.123. The first-order valence-corrected chi connectivity index (χ1v) is 11.5. The van der Waals surface area contributed by atoms with Crippen molar-refractivity contribution < 1.29 is 14.3 Å². The molecule has 1 atom stereocenters. The number of carbonyl (C=O) groups is 2. The van der Waals surface area contributed by atoms with E-state index < -0.39 is 18.0 Å². The molecule has 1 aliphatic rings. The number of nitrogens with zero attached hydrogens (tertiary/aromatic N) is 2. The third-order valence-corrected chi connectivity index (χ3v) is 6.36. The van der Waals surface area contributed by atoms with Crippen LogP contribution in [0.5, 0.6) is 0 Å². The van der Waals surface area contributed by atoms with Crippen molar-refractivity contribution in [3.63, 3.8) is 0 Å². The highest BCUT2D eigenvalue weighted by atomic mass is 35.5. The van der Waals surface area contributed by atoms with Gasteiger partial charge in [-0.2, -0.15) is 0 Å². The van der Waals surface area contributed by atoms with Crippen LogP contribution in [0.4, 0.5) is 5.69 Å². The van der Waals surface area contributed by atoms with Gasteiger partial charge in [0.25, 0.3) is 5.91 Å². The van der Waals surface area contributed by atoms with Gasteiger partial charge in [0.1, 0.15) is 0 Å². The number of esters is 1. The first-order valence-electron chi connectivity index (χ1n) is 11.2. The fourth-order valence-corrected chi connectivity index (χ4v) is 4.29. The molecule has 6 nitrogen and oxygen atoms in total. The van der Waals surface area contributed by atoms with Crippen LogP contribution in [0.15, 0.2) is 42.5 Å². The van der Waals surface area contributed by atoms with E-state index in [2.05, 4.69) is 24.1 Å². The van der Waals surface area contributed by atoms with Gasteiger partial charge in [0.05, 0.1) is 11.1 Å². The first-order chi connectivity index (χ1) is 15.7. The van der Waals surface area contributed by atoms with E-state index in [-0.39, 0.29) is 0 Å². The third-order valence-electron chi connectivity index (χ3n) is 6.12. The number of nitrogens with one attached hydrogen (secondary N) is 1. The monoisotopic (exact) mass is 465 g/mol. The Hall–Kier alpha value is -2.96. The van der Waals surface area contributed by atoms with Gasteiger partial charge in [-0.15, -0.1) is 0 Å². The van der Waals surface area contributed by atoms with Gasteiger partial charge in [-0.25, -0.2) is 4.79 Å². The van der Waals surface area contributed by atoms with Gasteiger partial charge in [-0.3, -0.25) is 14.7 Å². The van der Waals surface area contributed by atoms with E-state index in [0.717, 1.165) is 40.7 Å². The SMILES string of the molecule is Cc1ccc(Cl)cc1NC(=O)C(C)OC(=O)c1c2c(nc3ccccc13)CCN(C(C)C)C2. The number of pyridine rings is 1. The smallest absolute Gasteiger partial charge is 0.339 e. The minimum Gasteiger partial charge on any atom is -0.449 e. The Balaban J connectivity index is 1.63. The van der Waals surface area contributed by atoms with Gasteiger partial charge < -0.3 is 10.1 Å². The number of carbonyl (C=O) groups excluding carboxylic acids is 2. The molecule has 1 amide bonds. The number of aryl methyl sites for hydroxylation is 1. The molecule has 1 aliphatic heterocycles. The van der Waals surface area contributed by atoms with Crippen LogP contribution in [0.2, 0.25) is 5.02 Å². The quantitative estimate of drug-likeness (QED) is 0.528. The summed E-state index contributed by atoms with van der Waals surface area (Å²) in [6.07, 6.45) is -0.217. The van der Waals surface area contributed by atoms with Crippen molar-refractivity contribution in [2.45, 2.75) is 52.8 Å². The number of amides is 1. The lowest BCUT2D eigenvalue weighted by Gasteiger charge is -2.32. The number of anilines is 1. The summed E-state index contributed by atoms with van der Waals surface area (Å²) in [5.74, 6) is -0.925. The second-order valence-electron chi connectivity index (χ2n) is 8.74. The van der Waals surface area contributed by atoms with Crippen LogP contribution >= 0.6 is 11.6 Å². The Kier molecular flexibility index (Phi) is 6.68. The number of aromatic nitrogens is 1. The summed E-state index contributed by atoms with van der Waals surface area (Å²) in [5, 5.41) is 4.07. The van der Waals surface area contributed by atoms with Crippen LogP contribution in [-0.2, 0) is 22.5 Å². The van der Waals surface area contributed by atoms with Gasteiger partial charge >= 0.3 is 5.97 Å². The van der Waals surface area contributed by atoms with Crippen molar-refractivity contribution in [2.24, 2.45) is 0 Å². The highest BCUT2D eigenvalue weighted by Gasteiger charge is 2.29. The molecule has 0 bridgehead atoms. The number of halogens is 1. The molecule has 0 saturated carbocycles. The molecule has 4 rings (SSSR count). The fourth-order valence-electron chi connectivity index (χ4n) is 4.12. The van der Waals surface area contributed by atoms with Crippen LogP contribution in [0, 0.1) is 6.92 Å². The number of hydrogen-bond donors (Lipinski definition) is 1. The summed E-state index contributed by atoms with van der Waals surface area (Å²) >= 11 is 6.05. The Labute approximate surface area is 198 Å². The van der Waals surface area contributed by atoms with E-state index in [9.17, 15) is 9.59 Å². The molecule has 2 heterocycles. The highest BCUT2D eigenvalue weighted by molar-refractivity contribution is 6.31. The lowest BCUT2D eigenvalue weighted by atomic mass is 9.95. The second-order valence-corrected chi connectivity index (χ2v) is 9.18. The molecule has 0 aliphatic carbocycles. The van der Waals surface area contributed by atoms with E-state index in [1.54, 1.807) is 19.1 Å². The highest BCUT2D eigenvalue weighted by Crippen LogP contribution is 2.30. The zero-order valence-electron chi connectivity index (χ0n) is 19.3. The summed E-state index contributed by atoms with van der Waals surface area (Å²) in [7, 11) is 0. The predicted molar refractivity (Wildman–Crippen MR) is 131 cm³/mol. The maximum atomic E-state index is 13.4. The van der Waals surface area contributed by atoms with Gasteiger partial charge in [-0.1, -0.05) is 35.9 Å². The van der Waals surface area contributed by atoms with Crippen molar-refractivity contribution in [2.75, 3.05) is 11.9 Å². The summed E-state index contributed by atoms with van der Waals surface area (Å²) in [4.78, 5) is 33.3. The third kappa shape index (κ3) is 4.87. The Bertz CT molecular complexity index is 1220. The molecule has 0 fully saturated rings. The molecule has 2 aromatic carbocycles. The topological polar surface area (TPSA) is 71.5 Å². The average molecular weight is 466 g/mol. The molecule has 0 spiro atoms. The number of para-hydroxylation sites is 1. The first kappa shape index (κ1) is 23.2. The largest absolute Gasteiger partial charge is 0.449 e. The van der Waals surface area contributed by atoms with E-state index in [4.69, 9.17) is 21.3 Å². The lowest BCUT2D eigenvalue weighted by Crippen LogP contribution is -2.37. The Morgan fingerprint density at radius 2 is 1.91 bits per heavy atom. The van der Waals surface area contributed by atoms with E-state index in [0.29, 0.717) is 28.9 Å². The number of hydrogen-bond acceptors (Lipinski definition) is 5. The normalized spacial score (nSPS) is 14.7. The van der Waals surface area contributed by atoms with Crippen molar-refractivity contribution in [1.82, 2.24) is 9.88 Å². The molecule has 1 unspecified atom stereocenters. The summed E-state index contributed by atoms with van der Waals surface area (Å²) < 4.78 is 5.68. The van der Waals surface area contributed by atoms with Gasteiger partial charge in [0, 0.05) is 52.9 Å². The zero-order chi connectivity index (χ0) is 23.7. The standard InChI is InChI=1S/C26H28ClN3O3/c1-15(2)30-12-11-22-20(14-30)24(19-7-5-6-8-21(19)28-22)26(32)33-17(4)25(31)29-23-13-18(27)10-9-16(23)3/h5-10,13,15,17H,11-12,14H2,1-4H3,(H,29,31). The molecule has 7 heteroatoms. The molecule has 1 N–H and O–H groups in total. The van der Waals surface area contributed by atoms with Crippen LogP contribution in [0.1, 0.15) is 48.0 Å². The minimum atomic E-state index is -0.983. The number of fused-ring (bicyclic) bond motifs is 2. The zero-order valence-corrected chi connectivity index (χ0v) is 20.1. The van der Waals surface area contributed by atoms with Crippen molar-refractivity contribution in [1.29, 1.82) is 0 Å². The maximum Gasteiger partial charge on any atom is 0.339 e. The molecular formula is C26H28ClN3O3. The molecule has 0 radical (unpaired) electrons. The minimum absolute atomic E-state index is 0.346. The molecule has 3 aromatic rings. The van der Waals surface area contributed by atoms with Gasteiger partial charge in [0.2, 0.25) is 0 Å². The van der Waals surface area contributed by atoms with Gasteiger partial charge in [0.15, 0.2) is 6.10 Å². The summed E-state index contributed by atoms with van der Waals surface area (Å²) in [6.45, 7) is 9.24. The van der Waals surface area contributed by atoms with Crippen LogP contribution in [-0.4, -0.2) is 40.5 Å². The summed E-state index contributed by atoms with van der Waals surface area (Å²) in [6, 6.07) is 13.2. The molecule has 1 aromatic heterocycles. The number of rotatable bonds is 5. The van der Waals surface area contributed by atoms with Crippen molar-refractivity contribution >= 4 is 40.1 Å². The molecule has 0 saturated heterocycles. The Morgan fingerprint density at radius 1 is 1.15 bits per heavy atom. The summed E-state index contributed by atoms with van der Waals surface area (Å²) in [5.41, 5.74) is 4.53. The van der Waals surface area contributed by atoms with Crippen LogP contribution in [0.25, 0.3) is 10.9 Å². The van der Waals surface area contributed by atoms with Crippen LogP contribution in [0.3, 0.4) is 0 Å². The van der Waals surface area contributed by atoms with E-state index in [1.807, 2.05) is 37.3 Å². The van der Waals surface area contributed by atoms with E-state index >= 15 is 0 Å². The van der Waals surface area contributed by atoms with E-state index in [1.165, 1.54) is 0 Å². The van der Waals surface area contributed by atoms with Gasteiger partial charge in [-0.05, 0) is 51.5 Å². The maximum absolute atomic E-state index is 13.4. The van der Waals surface area contributed by atoms with Crippen molar-refractivity contribution in [3.05, 3.63) is 69.9 Å². The number of ether oxygens (including phenoxy) is 1. The number of benzene rings is 2. The van der Waals surface area contributed by atoms with Crippen molar-refractivity contribution in [3.8, 4) is 0 Å². The molecular weight excluding hydrogens is 438 g/mol. The Morgan fingerprint density at radius 3 is 2.67 bits per heavy atom. The van der Waals surface area contributed by atoms with Crippen LogP contribution < -0.4 is 5.32 Å². The molecule has 33 heavy (non-hydrogen) atoms. The average Bonchev–Trinajstić information content (AvgIpc) is 2.79. The second kappa shape index (κ2) is 9.49. The fraction of sp³-hybridized carbons (Fsp3) is 0.346. The predicted octanol–water partition coefficient (Wildman–Crippen LogP) is 5.15.